The highest BCUT2D eigenvalue weighted by Gasteiger charge is 2.18. The summed E-state index contributed by atoms with van der Waals surface area (Å²) in [5.41, 5.74) is 1.36. The Bertz CT molecular complexity index is 301. The predicted molar refractivity (Wildman–Crippen MR) is 50.4 cm³/mol. The van der Waals surface area contributed by atoms with E-state index < -0.39 is 0 Å². The summed E-state index contributed by atoms with van der Waals surface area (Å²) in [7, 11) is 1.69. The molecule has 0 amide bonds. The first-order chi connectivity index (χ1) is 5.81. The third-order valence-corrected chi connectivity index (χ3v) is 3.08. The molecular formula is C9H11NOS. The molecule has 0 radical (unpaired) electrons. The van der Waals surface area contributed by atoms with Crippen LogP contribution in [0.5, 0.6) is 5.75 Å². The van der Waals surface area contributed by atoms with E-state index >= 15 is 0 Å². The zero-order valence-electron chi connectivity index (χ0n) is 7.13. The quantitative estimate of drug-likeness (QED) is 0.672. The predicted octanol–water partition coefficient (Wildman–Crippen LogP) is 2.37. The normalized spacial score (nSPS) is 20.7. The van der Waals surface area contributed by atoms with Crippen LogP contribution in [-0.2, 0) is 0 Å². The molecule has 12 heavy (non-hydrogen) atoms. The first kappa shape index (κ1) is 7.95. The SMILES string of the molecule is COc1ccc2c(c1)SNC2C. The van der Waals surface area contributed by atoms with E-state index in [1.54, 1.807) is 19.1 Å². The van der Waals surface area contributed by atoms with Crippen LogP contribution >= 0.6 is 11.9 Å². The molecule has 0 saturated carbocycles. The van der Waals surface area contributed by atoms with Gasteiger partial charge in [-0.05, 0) is 36.6 Å². The molecule has 0 aliphatic carbocycles. The molecule has 1 aliphatic rings. The number of fused-ring (bicyclic) bond motifs is 1. The summed E-state index contributed by atoms with van der Waals surface area (Å²) < 4.78 is 8.43. The second-order valence-electron chi connectivity index (χ2n) is 2.85. The maximum Gasteiger partial charge on any atom is 0.120 e. The highest BCUT2D eigenvalue weighted by molar-refractivity contribution is 7.97. The Morgan fingerprint density at radius 3 is 3.08 bits per heavy atom. The molecule has 2 nitrogen and oxygen atoms in total. The lowest BCUT2D eigenvalue weighted by atomic mass is 10.1. The van der Waals surface area contributed by atoms with E-state index in [1.165, 1.54) is 10.5 Å². The summed E-state index contributed by atoms with van der Waals surface area (Å²) in [4.78, 5) is 1.28. The number of methoxy groups -OCH3 is 1. The Hall–Kier alpha value is -0.670. The second kappa shape index (κ2) is 2.99. The molecule has 0 bridgehead atoms. The van der Waals surface area contributed by atoms with Crippen molar-refractivity contribution in [3.63, 3.8) is 0 Å². The van der Waals surface area contributed by atoms with Gasteiger partial charge in [0.15, 0.2) is 0 Å². The van der Waals surface area contributed by atoms with E-state index in [1.807, 2.05) is 6.07 Å². The number of ether oxygens (including phenoxy) is 1. The number of nitrogens with one attached hydrogen (secondary N) is 1. The van der Waals surface area contributed by atoms with E-state index in [0.717, 1.165) is 5.75 Å². The second-order valence-corrected chi connectivity index (χ2v) is 3.73. The summed E-state index contributed by atoms with van der Waals surface area (Å²) in [6.07, 6.45) is 0. The third kappa shape index (κ3) is 1.19. The zero-order chi connectivity index (χ0) is 8.55. The average molecular weight is 181 g/mol. The van der Waals surface area contributed by atoms with Crippen LogP contribution in [0.4, 0.5) is 0 Å². The Kier molecular flexibility index (Phi) is 1.98. The number of hydrogen-bond acceptors (Lipinski definition) is 3. The van der Waals surface area contributed by atoms with Gasteiger partial charge in [0.2, 0.25) is 0 Å². The summed E-state index contributed by atoms with van der Waals surface area (Å²) in [5, 5.41) is 0. The van der Waals surface area contributed by atoms with Gasteiger partial charge in [-0.3, -0.25) is 4.72 Å². The van der Waals surface area contributed by atoms with Crippen molar-refractivity contribution in [1.29, 1.82) is 0 Å². The van der Waals surface area contributed by atoms with E-state index in [-0.39, 0.29) is 0 Å². The lowest BCUT2D eigenvalue weighted by Gasteiger charge is -2.03. The molecule has 2 rings (SSSR count). The largest absolute Gasteiger partial charge is 0.497 e. The molecule has 0 aromatic heterocycles. The molecular weight excluding hydrogens is 170 g/mol. The van der Waals surface area contributed by atoms with Gasteiger partial charge in [0.1, 0.15) is 5.75 Å². The van der Waals surface area contributed by atoms with Crippen molar-refractivity contribution in [2.75, 3.05) is 7.11 Å². The summed E-state index contributed by atoms with van der Waals surface area (Å²) in [6, 6.07) is 6.64. The molecule has 1 atom stereocenters. The molecule has 3 heteroatoms. The number of rotatable bonds is 1. The van der Waals surface area contributed by atoms with Crippen molar-refractivity contribution >= 4 is 11.9 Å². The summed E-state index contributed by atoms with van der Waals surface area (Å²) in [5.74, 6) is 0.928. The van der Waals surface area contributed by atoms with Gasteiger partial charge in [0, 0.05) is 10.9 Å². The Labute approximate surface area is 76.4 Å². The average Bonchev–Trinajstić information content (AvgIpc) is 2.47. The lowest BCUT2D eigenvalue weighted by Crippen LogP contribution is -2.01. The van der Waals surface area contributed by atoms with Crippen molar-refractivity contribution < 1.29 is 4.74 Å². The molecule has 1 unspecified atom stereocenters. The van der Waals surface area contributed by atoms with Crippen molar-refractivity contribution in [3.8, 4) is 5.75 Å². The van der Waals surface area contributed by atoms with Gasteiger partial charge in [0.05, 0.1) is 7.11 Å². The Morgan fingerprint density at radius 1 is 1.50 bits per heavy atom. The molecule has 1 heterocycles. The van der Waals surface area contributed by atoms with Crippen LogP contribution < -0.4 is 9.46 Å². The molecule has 1 N–H and O–H groups in total. The van der Waals surface area contributed by atoms with Gasteiger partial charge in [-0.25, -0.2) is 0 Å². The molecule has 1 aromatic rings. The van der Waals surface area contributed by atoms with Gasteiger partial charge >= 0.3 is 0 Å². The zero-order valence-corrected chi connectivity index (χ0v) is 7.94. The Morgan fingerprint density at radius 2 is 2.33 bits per heavy atom. The monoisotopic (exact) mass is 181 g/mol. The van der Waals surface area contributed by atoms with Crippen molar-refractivity contribution in [2.45, 2.75) is 17.9 Å². The molecule has 64 valence electrons. The first-order valence-electron chi connectivity index (χ1n) is 3.91. The van der Waals surface area contributed by atoms with Gasteiger partial charge in [-0.2, -0.15) is 0 Å². The van der Waals surface area contributed by atoms with E-state index in [2.05, 4.69) is 23.8 Å². The van der Waals surface area contributed by atoms with Crippen molar-refractivity contribution in [1.82, 2.24) is 4.72 Å². The maximum absolute atomic E-state index is 5.13. The van der Waals surface area contributed by atoms with Crippen molar-refractivity contribution in [3.05, 3.63) is 23.8 Å². The summed E-state index contributed by atoms with van der Waals surface area (Å²) >= 11 is 1.68. The standard InChI is InChI=1S/C9H11NOS/c1-6-8-4-3-7(11-2)5-9(8)12-10-6/h3-6,10H,1-2H3. The highest BCUT2D eigenvalue weighted by Crippen LogP contribution is 2.36. The van der Waals surface area contributed by atoms with Gasteiger partial charge < -0.3 is 4.74 Å². The van der Waals surface area contributed by atoms with E-state index in [0.29, 0.717) is 6.04 Å². The van der Waals surface area contributed by atoms with Crippen LogP contribution in [0.1, 0.15) is 18.5 Å². The minimum Gasteiger partial charge on any atom is -0.497 e. The topological polar surface area (TPSA) is 21.3 Å². The number of hydrogen-bond donors (Lipinski definition) is 1. The smallest absolute Gasteiger partial charge is 0.120 e. The fraction of sp³-hybridized carbons (Fsp3) is 0.333. The number of benzene rings is 1. The van der Waals surface area contributed by atoms with Crippen LogP contribution in [0.3, 0.4) is 0 Å². The molecule has 1 aliphatic heterocycles. The maximum atomic E-state index is 5.13. The van der Waals surface area contributed by atoms with Crippen molar-refractivity contribution in [2.24, 2.45) is 0 Å². The van der Waals surface area contributed by atoms with Crippen LogP contribution in [0.25, 0.3) is 0 Å². The fourth-order valence-corrected chi connectivity index (χ4v) is 2.27. The van der Waals surface area contributed by atoms with E-state index in [9.17, 15) is 0 Å². The van der Waals surface area contributed by atoms with Crippen LogP contribution in [0, 0.1) is 0 Å². The van der Waals surface area contributed by atoms with Crippen LogP contribution in [0.15, 0.2) is 23.1 Å². The van der Waals surface area contributed by atoms with Gasteiger partial charge in [-0.1, -0.05) is 6.07 Å². The molecule has 0 spiro atoms. The highest BCUT2D eigenvalue weighted by atomic mass is 32.2. The molecule has 0 fully saturated rings. The van der Waals surface area contributed by atoms with Crippen LogP contribution in [-0.4, -0.2) is 7.11 Å². The molecule has 1 aromatic carbocycles. The first-order valence-corrected chi connectivity index (χ1v) is 4.73. The van der Waals surface area contributed by atoms with Gasteiger partial charge in [-0.15, -0.1) is 0 Å². The fourth-order valence-electron chi connectivity index (χ4n) is 1.30. The third-order valence-electron chi connectivity index (χ3n) is 2.03. The van der Waals surface area contributed by atoms with E-state index in [4.69, 9.17) is 4.74 Å². The lowest BCUT2D eigenvalue weighted by molar-refractivity contribution is 0.413. The van der Waals surface area contributed by atoms with Gasteiger partial charge in [0.25, 0.3) is 0 Å². The minimum atomic E-state index is 0.455. The Balaban J connectivity index is 2.41. The molecule has 0 saturated heterocycles. The van der Waals surface area contributed by atoms with Crippen LogP contribution in [0.2, 0.25) is 0 Å². The minimum absolute atomic E-state index is 0.455. The summed E-state index contributed by atoms with van der Waals surface area (Å²) in [6.45, 7) is 2.16.